The minimum absolute atomic E-state index is 0.0188. The molecule has 1 aliphatic heterocycles. The van der Waals surface area contributed by atoms with Crippen molar-refractivity contribution in [3.63, 3.8) is 0 Å². The number of carbonyl (C=O) groups excluding carboxylic acids is 1. The molecule has 5 nitrogen and oxygen atoms in total. The molecule has 2 heterocycles. The highest BCUT2D eigenvalue weighted by atomic mass is 79.9. The summed E-state index contributed by atoms with van der Waals surface area (Å²) in [5.41, 5.74) is 8.55. The molecule has 2 atom stereocenters. The number of aromatic nitrogens is 2. The Morgan fingerprint density at radius 2 is 2.21 bits per heavy atom. The van der Waals surface area contributed by atoms with Gasteiger partial charge in [-0.2, -0.15) is 5.10 Å². The number of rotatable bonds is 3. The van der Waals surface area contributed by atoms with Crippen LogP contribution in [0.25, 0.3) is 5.69 Å². The third kappa shape index (κ3) is 3.26. The molecule has 1 amide bonds. The topological polar surface area (TPSA) is 64.2 Å². The van der Waals surface area contributed by atoms with Crippen LogP contribution in [0.5, 0.6) is 0 Å². The van der Waals surface area contributed by atoms with Crippen molar-refractivity contribution in [2.75, 3.05) is 6.54 Å². The van der Waals surface area contributed by atoms with E-state index in [0.717, 1.165) is 41.7 Å². The van der Waals surface area contributed by atoms with Gasteiger partial charge in [-0.1, -0.05) is 22.0 Å². The fraction of sp³-hybridized carbons (Fsp3) is 0.444. The van der Waals surface area contributed by atoms with E-state index in [1.807, 2.05) is 47.7 Å². The predicted octanol–water partition coefficient (Wildman–Crippen LogP) is 3.29. The lowest BCUT2D eigenvalue weighted by atomic mass is 9.96. The van der Waals surface area contributed by atoms with E-state index in [1.165, 1.54) is 0 Å². The first-order chi connectivity index (χ1) is 11.5. The molecule has 1 fully saturated rings. The molecule has 3 rings (SSSR count). The molecule has 0 radical (unpaired) electrons. The second-order valence-electron chi connectivity index (χ2n) is 6.46. The van der Waals surface area contributed by atoms with E-state index in [0.29, 0.717) is 5.56 Å². The Morgan fingerprint density at radius 1 is 1.42 bits per heavy atom. The minimum Gasteiger partial charge on any atom is -0.334 e. The summed E-state index contributed by atoms with van der Waals surface area (Å²) in [5.74, 6) is 0.0377. The highest BCUT2D eigenvalue weighted by Gasteiger charge is 2.31. The predicted molar refractivity (Wildman–Crippen MR) is 98.3 cm³/mol. The molecule has 6 heteroatoms. The first-order valence-electron chi connectivity index (χ1n) is 8.36. The van der Waals surface area contributed by atoms with Crippen LogP contribution in [0.1, 0.15) is 42.2 Å². The molecule has 2 N–H and O–H groups in total. The van der Waals surface area contributed by atoms with Gasteiger partial charge in [-0.3, -0.25) is 4.79 Å². The summed E-state index contributed by atoms with van der Waals surface area (Å²) >= 11 is 3.48. The molecule has 1 aromatic heterocycles. The van der Waals surface area contributed by atoms with Crippen LogP contribution in [0.3, 0.4) is 0 Å². The van der Waals surface area contributed by atoms with Crippen molar-refractivity contribution in [2.24, 2.45) is 5.73 Å². The quantitative estimate of drug-likeness (QED) is 0.874. The van der Waals surface area contributed by atoms with Gasteiger partial charge in [-0.25, -0.2) is 4.68 Å². The first-order valence-corrected chi connectivity index (χ1v) is 9.15. The molecule has 0 aliphatic carbocycles. The summed E-state index contributed by atoms with van der Waals surface area (Å²) in [4.78, 5) is 15.0. The highest BCUT2D eigenvalue weighted by molar-refractivity contribution is 9.10. The summed E-state index contributed by atoms with van der Waals surface area (Å²) in [6.45, 7) is 4.69. The van der Waals surface area contributed by atoms with Crippen molar-refractivity contribution in [1.29, 1.82) is 0 Å². The lowest BCUT2D eigenvalue weighted by Crippen LogP contribution is -2.51. The van der Waals surface area contributed by atoms with Gasteiger partial charge < -0.3 is 10.6 Å². The summed E-state index contributed by atoms with van der Waals surface area (Å²) in [6, 6.07) is 7.98. The van der Waals surface area contributed by atoms with Gasteiger partial charge in [-0.05, 0) is 51.3 Å². The zero-order valence-electron chi connectivity index (χ0n) is 14.1. The highest BCUT2D eigenvalue weighted by Crippen LogP contribution is 2.24. The standard InChI is InChI=1S/C18H23BrN4O/c1-12(20)17-8-3-4-9-22(17)18(24)16-11-21-23(13(16)2)15-7-5-6-14(19)10-15/h5-7,10-12,17H,3-4,8-9,20H2,1-2H3. The molecule has 1 saturated heterocycles. The number of piperidine rings is 1. The van der Waals surface area contributed by atoms with Gasteiger partial charge in [0.25, 0.3) is 5.91 Å². The molecule has 1 aromatic carbocycles. The number of halogens is 1. The molecule has 2 unspecified atom stereocenters. The average Bonchev–Trinajstić information content (AvgIpc) is 2.95. The smallest absolute Gasteiger partial charge is 0.257 e. The Bertz CT molecular complexity index is 740. The van der Waals surface area contributed by atoms with Crippen molar-refractivity contribution < 1.29 is 4.79 Å². The Morgan fingerprint density at radius 3 is 2.92 bits per heavy atom. The molecule has 0 saturated carbocycles. The number of amides is 1. The Kier molecular flexibility index (Phi) is 5.06. The van der Waals surface area contributed by atoms with Crippen molar-refractivity contribution >= 4 is 21.8 Å². The molecular weight excluding hydrogens is 368 g/mol. The van der Waals surface area contributed by atoms with E-state index >= 15 is 0 Å². The van der Waals surface area contributed by atoms with Crippen LogP contribution in [-0.2, 0) is 0 Å². The monoisotopic (exact) mass is 390 g/mol. The molecule has 1 aliphatic rings. The molecule has 24 heavy (non-hydrogen) atoms. The van der Waals surface area contributed by atoms with Crippen LogP contribution >= 0.6 is 15.9 Å². The fourth-order valence-electron chi connectivity index (χ4n) is 3.40. The molecule has 128 valence electrons. The van der Waals surface area contributed by atoms with Gasteiger partial charge in [0, 0.05) is 23.1 Å². The SMILES string of the molecule is Cc1c(C(=O)N2CCCCC2C(C)N)cnn1-c1cccc(Br)c1. The maximum Gasteiger partial charge on any atom is 0.257 e. The zero-order chi connectivity index (χ0) is 17.3. The maximum atomic E-state index is 13.1. The van der Waals surface area contributed by atoms with Crippen LogP contribution in [0.2, 0.25) is 0 Å². The number of likely N-dealkylation sites (tertiary alicyclic amines) is 1. The number of nitrogens with zero attached hydrogens (tertiary/aromatic N) is 3. The van der Waals surface area contributed by atoms with E-state index in [4.69, 9.17) is 5.73 Å². The minimum atomic E-state index is -0.0188. The van der Waals surface area contributed by atoms with Crippen LogP contribution in [0.15, 0.2) is 34.9 Å². The number of hydrogen-bond donors (Lipinski definition) is 1. The van der Waals surface area contributed by atoms with E-state index in [2.05, 4.69) is 21.0 Å². The van der Waals surface area contributed by atoms with Gasteiger partial charge in [-0.15, -0.1) is 0 Å². The van der Waals surface area contributed by atoms with Gasteiger partial charge in [0.05, 0.1) is 23.1 Å². The third-order valence-corrected chi connectivity index (χ3v) is 5.20. The van der Waals surface area contributed by atoms with Crippen LogP contribution < -0.4 is 5.73 Å². The Labute approximate surface area is 151 Å². The fourth-order valence-corrected chi connectivity index (χ4v) is 3.79. The Balaban J connectivity index is 1.91. The zero-order valence-corrected chi connectivity index (χ0v) is 15.7. The van der Waals surface area contributed by atoms with Gasteiger partial charge in [0.2, 0.25) is 0 Å². The van der Waals surface area contributed by atoms with E-state index in [-0.39, 0.29) is 18.0 Å². The van der Waals surface area contributed by atoms with Crippen molar-refractivity contribution in [3.8, 4) is 5.69 Å². The lowest BCUT2D eigenvalue weighted by Gasteiger charge is -2.38. The van der Waals surface area contributed by atoms with Gasteiger partial charge >= 0.3 is 0 Å². The summed E-state index contributed by atoms with van der Waals surface area (Å²) < 4.78 is 2.79. The summed E-state index contributed by atoms with van der Waals surface area (Å²) in [5, 5.41) is 4.43. The number of benzene rings is 1. The van der Waals surface area contributed by atoms with Gasteiger partial charge in [0.15, 0.2) is 0 Å². The lowest BCUT2D eigenvalue weighted by molar-refractivity contribution is 0.0583. The third-order valence-electron chi connectivity index (χ3n) is 4.71. The van der Waals surface area contributed by atoms with Crippen LogP contribution in [0, 0.1) is 6.92 Å². The number of carbonyl (C=O) groups is 1. The Hall–Kier alpha value is -1.66. The first kappa shape index (κ1) is 17.2. The number of hydrogen-bond acceptors (Lipinski definition) is 3. The second kappa shape index (κ2) is 7.07. The molecule has 2 aromatic rings. The average molecular weight is 391 g/mol. The van der Waals surface area contributed by atoms with Crippen molar-refractivity contribution in [2.45, 2.75) is 45.2 Å². The van der Waals surface area contributed by atoms with Crippen LogP contribution in [-0.4, -0.2) is 39.2 Å². The van der Waals surface area contributed by atoms with Crippen LogP contribution in [0.4, 0.5) is 0 Å². The molecule has 0 spiro atoms. The van der Waals surface area contributed by atoms with Crippen molar-refractivity contribution in [3.05, 3.63) is 46.2 Å². The summed E-state index contributed by atoms with van der Waals surface area (Å²) in [7, 11) is 0. The van der Waals surface area contributed by atoms with Crippen molar-refractivity contribution in [1.82, 2.24) is 14.7 Å². The number of nitrogens with two attached hydrogens (primary N) is 1. The molecular formula is C18H23BrN4O. The second-order valence-corrected chi connectivity index (χ2v) is 7.37. The van der Waals surface area contributed by atoms with E-state index < -0.39 is 0 Å². The van der Waals surface area contributed by atoms with E-state index in [1.54, 1.807) is 6.20 Å². The largest absolute Gasteiger partial charge is 0.334 e. The maximum absolute atomic E-state index is 13.1. The summed E-state index contributed by atoms with van der Waals surface area (Å²) in [6.07, 6.45) is 4.81. The normalized spacial score (nSPS) is 19.3. The molecule has 0 bridgehead atoms. The van der Waals surface area contributed by atoms with Gasteiger partial charge in [0.1, 0.15) is 0 Å². The van der Waals surface area contributed by atoms with E-state index in [9.17, 15) is 4.79 Å².